The Morgan fingerprint density at radius 1 is 1.02 bits per heavy atom. The fourth-order valence-corrected chi connectivity index (χ4v) is 5.12. The molecule has 0 aliphatic carbocycles. The van der Waals surface area contributed by atoms with Crippen LogP contribution in [0.3, 0.4) is 0 Å². The van der Waals surface area contributed by atoms with Gasteiger partial charge in [0.25, 0.3) is 0 Å². The van der Waals surface area contributed by atoms with Crippen LogP contribution in [0.4, 0.5) is 5.82 Å². The third kappa shape index (κ3) is 7.70. The zero-order valence-electron chi connectivity index (χ0n) is 26.1. The van der Waals surface area contributed by atoms with Gasteiger partial charge in [0.2, 0.25) is 0 Å². The highest BCUT2D eigenvalue weighted by Gasteiger charge is 2.23. The van der Waals surface area contributed by atoms with E-state index in [4.69, 9.17) is 20.4 Å². The molecule has 0 spiro atoms. The molecular weight excluding hydrogens is 512 g/mol. The third-order valence-electron chi connectivity index (χ3n) is 7.69. The minimum absolute atomic E-state index is 0.0858. The number of unbranched alkanes of at least 4 members (excludes halogenated alkanes) is 1. The molecule has 2 aromatic heterocycles. The molecule has 2 aromatic carbocycles. The van der Waals surface area contributed by atoms with Gasteiger partial charge in [0.15, 0.2) is 17.3 Å². The number of hydrogen-bond donors (Lipinski definition) is 3. The van der Waals surface area contributed by atoms with E-state index < -0.39 is 0 Å². The van der Waals surface area contributed by atoms with Crippen molar-refractivity contribution in [1.29, 1.82) is 0 Å². The number of nitrogens with two attached hydrogens (primary N) is 1. The molecule has 0 saturated heterocycles. The van der Waals surface area contributed by atoms with E-state index in [-0.39, 0.29) is 16.9 Å². The van der Waals surface area contributed by atoms with Gasteiger partial charge in [-0.2, -0.15) is 0 Å². The molecule has 0 atom stereocenters. The number of nitrogens with zero attached hydrogens (tertiary/aromatic N) is 3. The molecule has 0 amide bonds. The molecular formula is C34H50N4O3. The quantitative estimate of drug-likeness (QED) is 0.112. The second-order valence-electron chi connectivity index (χ2n) is 11.7. The van der Waals surface area contributed by atoms with Crippen molar-refractivity contribution < 1.29 is 14.9 Å². The molecule has 41 heavy (non-hydrogen) atoms. The van der Waals surface area contributed by atoms with E-state index in [1.54, 1.807) is 6.07 Å². The molecule has 224 valence electrons. The van der Waals surface area contributed by atoms with Gasteiger partial charge in [-0.15, -0.1) is 0 Å². The fourth-order valence-electron chi connectivity index (χ4n) is 5.12. The Kier molecular flexibility index (Phi) is 11.4. The van der Waals surface area contributed by atoms with E-state index in [9.17, 15) is 10.2 Å². The number of hydrogen-bond acceptors (Lipinski definition) is 6. The first-order valence-electron chi connectivity index (χ1n) is 15.3. The Balaban J connectivity index is 0.00000226. The number of fused-ring (bicyclic) bond motifs is 3. The lowest BCUT2D eigenvalue weighted by molar-refractivity contribution is 0.113. The van der Waals surface area contributed by atoms with Crippen molar-refractivity contribution in [3.63, 3.8) is 0 Å². The molecule has 4 N–H and O–H groups in total. The molecule has 4 rings (SSSR count). The smallest absolute Gasteiger partial charge is 0.162 e. The number of anilines is 1. The fraction of sp³-hybridized carbons (Fsp3) is 0.529. The Morgan fingerprint density at radius 3 is 2.49 bits per heavy atom. The zero-order chi connectivity index (χ0) is 30.2. The Bertz CT molecular complexity index is 1430. The standard InChI is InChI=1S/C32H44N4O3.C2H6/c1-6-7-13-27-35-28-29(36(27)20-22-11-8-12-26(37)30(22)38)24-15-14-23(19-25(24)34-31(28)33)32(4,5)16-18-39-17-9-10-21(2)3;1-2/h8,11-12,14-15,19,21,37-38H,6-7,9-10,13,16-18,20H2,1-5H3,(H2,33,34);1-2H3. The first-order valence-corrected chi connectivity index (χ1v) is 15.3. The van der Waals surface area contributed by atoms with Crippen LogP contribution in [-0.4, -0.2) is 38.0 Å². The summed E-state index contributed by atoms with van der Waals surface area (Å²) in [5, 5.41) is 21.6. The molecule has 7 heteroatoms. The van der Waals surface area contributed by atoms with Crippen molar-refractivity contribution in [3.8, 4) is 11.5 Å². The summed E-state index contributed by atoms with van der Waals surface area (Å²) < 4.78 is 8.07. The van der Waals surface area contributed by atoms with E-state index in [1.807, 2.05) is 19.9 Å². The summed E-state index contributed by atoms with van der Waals surface area (Å²) in [4.78, 5) is 9.68. The SMILES string of the molecule is CC.CCCCc1nc2c(N)nc3cc(C(C)(C)CCOCCCC(C)C)ccc3c2n1Cc1cccc(O)c1O. The van der Waals surface area contributed by atoms with Crippen LogP contribution in [0.5, 0.6) is 11.5 Å². The highest BCUT2D eigenvalue weighted by Crippen LogP contribution is 2.36. The topological polar surface area (TPSA) is 106 Å². The number of aromatic hydroxyl groups is 2. The average Bonchev–Trinajstić information content (AvgIpc) is 3.31. The summed E-state index contributed by atoms with van der Waals surface area (Å²) in [6.45, 7) is 17.0. The Hall–Kier alpha value is -3.32. The van der Waals surface area contributed by atoms with Crippen LogP contribution < -0.4 is 5.73 Å². The highest BCUT2D eigenvalue weighted by molar-refractivity contribution is 6.06. The first-order chi connectivity index (χ1) is 19.6. The zero-order valence-corrected chi connectivity index (χ0v) is 26.1. The van der Waals surface area contributed by atoms with Crippen molar-refractivity contribution >= 4 is 27.8 Å². The number of benzene rings is 2. The lowest BCUT2D eigenvalue weighted by Gasteiger charge is -2.25. The molecule has 0 aliphatic heterocycles. The van der Waals surface area contributed by atoms with Crippen LogP contribution in [0, 0.1) is 5.92 Å². The van der Waals surface area contributed by atoms with Gasteiger partial charge in [-0.05, 0) is 54.7 Å². The number of nitrogen functional groups attached to an aromatic ring is 1. The van der Waals surface area contributed by atoms with Gasteiger partial charge in [-0.3, -0.25) is 0 Å². The molecule has 0 saturated carbocycles. The number of ether oxygens (including phenoxy) is 1. The number of aryl methyl sites for hydroxylation is 1. The number of pyridine rings is 1. The van der Waals surface area contributed by atoms with Gasteiger partial charge >= 0.3 is 0 Å². The van der Waals surface area contributed by atoms with E-state index in [1.165, 1.54) is 18.1 Å². The van der Waals surface area contributed by atoms with Gasteiger partial charge in [-0.1, -0.05) is 79.2 Å². The number of phenolic OH excluding ortho intramolecular Hbond substituents is 2. The van der Waals surface area contributed by atoms with Gasteiger partial charge < -0.3 is 25.3 Å². The number of rotatable bonds is 13. The largest absolute Gasteiger partial charge is 0.504 e. The van der Waals surface area contributed by atoms with E-state index in [0.717, 1.165) is 67.6 Å². The maximum absolute atomic E-state index is 10.5. The van der Waals surface area contributed by atoms with Crippen molar-refractivity contribution in [1.82, 2.24) is 14.5 Å². The maximum atomic E-state index is 10.5. The Labute approximate surface area is 245 Å². The van der Waals surface area contributed by atoms with E-state index in [2.05, 4.69) is 57.4 Å². The molecule has 0 unspecified atom stereocenters. The summed E-state index contributed by atoms with van der Waals surface area (Å²) >= 11 is 0. The van der Waals surface area contributed by atoms with Gasteiger partial charge in [-0.25, -0.2) is 9.97 Å². The van der Waals surface area contributed by atoms with Gasteiger partial charge in [0.1, 0.15) is 11.3 Å². The van der Waals surface area contributed by atoms with Crippen LogP contribution in [0.2, 0.25) is 0 Å². The number of phenols is 2. The normalized spacial score (nSPS) is 11.8. The Morgan fingerprint density at radius 2 is 1.78 bits per heavy atom. The van der Waals surface area contributed by atoms with Crippen molar-refractivity contribution in [3.05, 3.63) is 53.3 Å². The molecule has 0 bridgehead atoms. The second kappa shape index (κ2) is 14.5. The van der Waals surface area contributed by atoms with Crippen molar-refractivity contribution in [2.24, 2.45) is 5.92 Å². The second-order valence-corrected chi connectivity index (χ2v) is 11.7. The van der Waals surface area contributed by atoms with Crippen LogP contribution in [-0.2, 0) is 23.1 Å². The predicted octanol–water partition coefficient (Wildman–Crippen LogP) is 8.12. The van der Waals surface area contributed by atoms with Gasteiger partial charge in [0, 0.05) is 30.6 Å². The minimum Gasteiger partial charge on any atom is -0.504 e. The average molecular weight is 563 g/mol. The number of imidazole rings is 1. The lowest BCUT2D eigenvalue weighted by Crippen LogP contribution is -2.20. The van der Waals surface area contributed by atoms with Crippen LogP contribution >= 0.6 is 0 Å². The predicted molar refractivity (Wildman–Crippen MR) is 171 cm³/mol. The molecule has 0 fully saturated rings. The number of aromatic nitrogens is 3. The van der Waals surface area contributed by atoms with Gasteiger partial charge in [0.05, 0.1) is 17.6 Å². The van der Waals surface area contributed by atoms with Crippen molar-refractivity contribution in [2.45, 2.75) is 99.0 Å². The maximum Gasteiger partial charge on any atom is 0.162 e. The molecule has 7 nitrogen and oxygen atoms in total. The summed E-state index contributed by atoms with van der Waals surface area (Å²) in [7, 11) is 0. The monoisotopic (exact) mass is 562 g/mol. The van der Waals surface area contributed by atoms with Crippen LogP contribution in [0.1, 0.15) is 97.5 Å². The first kappa shape index (κ1) is 32.2. The van der Waals surface area contributed by atoms with Crippen LogP contribution in [0.25, 0.3) is 21.9 Å². The third-order valence-corrected chi connectivity index (χ3v) is 7.69. The highest BCUT2D eigenvalue weighted by atomic mass is 16.5. The summed E-state index contributed by atoms with van der Waals surface area (Å²) in [5.74, 6) is 1.77. The molecule has 0 radical (unpaired) electrons. The van der Waals surface area contributed by atoms with Crippen molar-refractivity contribution in [2.75, 3.05) is 18.9 Å². The van der Waals surface area contributed by atoms with E-state index in [0.29, 0.717) is 29.4 Å². The summed E-state index contributed by atoms with van der Waals surface area (Å²) in [6.07, 6.45) is 6.01. The van der Waals surface area contributed by atoms with E-state index >= 15 is 0 Å². The molecule has 2 heterocycles. The number of para-hydroxylation sites is 1. The van der Waals surface area contributed by atoms with Crippen LogP contribution in [0.15, 0.2) is 36.4 Å². The molecule has 0 aliphatic rings. The summed E-state index contributed by atoms with van der Waals surface area (Å²) in [5.41, 5.74) is 10.6. The summed E-state index contributed by atoms with van der Waals surface area (Å²) in [6, 6.07) is 11.5. The molecule has 4 aromatic rings. The minimum atomic E-state index is -0.131. The lowest BCUT2D eigenvalue weighted by atomic mass is 9.81.